The van der Waals surface area contributed by atoms with E-state index in [9.17, 15) is 0 Å². The fourth-order valence-electron chi connectivity index (χ4n) is 2.14. The molecule has 1 N–H and O–H groups in total. The predicted octanol–water partition coefficient (Wildman–Crippen LogP) is 4.89. The van der Waals surface area contributed by atoms with E-state index < -0.39 is 0 Å². The Balaban J connectivity index is 1.63. The van der Waals surface area contributed by atoms with Gasteiger partial charge in [0.05, 0.1) is 6.54 Å². The minimum Gasteiger partial charge on any atom is -0.419 e. The summed E-state index contributed by atoms with van der Waals surface area (Å²) in [6.07, 6.45) is 0. The second-order valence-electron chi connectivity index (χ2n) is 5.16. The van der Waals surface area contributed by atoms with Crippen LogP contribution >= 0.6 is 23.2 Å². The topological polar surface area (TPSA) is 51.0 Å². The lowest BCUT2D eigenvalue weighted by molar-refractivity contribution is 0.454. The van der Waals surface area contributed by atoms with Crippen LogP contribution in [0.4, 0.5) is 0 Å². The van der Waals surface area contributed by atoms with Crippen LogP contribution in [0.2, 0.25) is 10.0 Å². The highest BCUT2D eigenvalue weighted by atomic mass is 35.5. The standard InChI is InChI=1S/C17H15Cl2N3O/c1-11(12-2-6-14(18)7-3-12)20-10-16-21-22-17(23-16)13-4-8-15(19)9-5-13/h2-9,11,20H,10H2,1H3/t11-/m0/s1. The Kier molecular flexibility index (Phi) is 4.96. The molecule has 1 atom stereocenters. The van der Waals surface area contributed by atoms with Gasteiger partial charge in [-0.2, -0.15) is 0 Å². The molecule has 0 aliphatic rings. The normalized spacial score (nSPS) is 12.3. The van der Waals surface area contributed by atoms with E-state index >= 15 is 0 Å². The van der Waals surface area contributed by atoms with Crippen molar-refractivity contribution < 1.29 is 4.42 Å². The van der Waals surface area contributed by atoms with Crippen LogP contribution in [0.15, 0.2) is 52.9 Å². The number of benzene rings is 2. The first-order valence-electron chi connectivity index (χ1n) is 7.19. The zero-order valence-corrected chi connectivity index (χ0v) is 14.0. The first-order chi connectivity index (χ1) is 11.1. The minimum absolute atomic E-state index is 0.151. The summed E-state index contributed by atoms with van der Waals surface area (Å²) < 4.78 is 5.67. The summed E-state index contributed by atoms with van der Waals surface area (Å²) in [4.78, 5) is 0. The van der Waals surface area contributed by atoms with Gasteiger partial charge in [-0.25, -0.2) is 0 Å². The van der Waals surface area contributed by atoms with E-state index in [1.54, 1.807) is 12.1 Å². The van der Waals surface area contributed by atoms with Crippen LogP contribution in [-0.2, 0) is 6.54 Å². The molecule has 1 aromatic heterocycles. The Morgan fingerprint density at radius 2 is 1.57 bits per heavy atom. The molecule has 0 fully saturated rings. The van der Waals surface area contributed by atoms with E-state index in [0.717, 1.165) is 16.1 Å². The van der Waals surface area contributed by atoms with Crippen LogP contribution in [0, 0.1) is 0 Å². The highest BCUT2D eigenvalue weighted by Crippen LogP contribution is 2.21. The van der Waals surface area contributed by atoms with Gasteiger partial charge in [-0.1, -0.05) is 35.3 Å². The van der Waals surface area contributed by atoms with Gasteiger partial charge in [-0.15, -0.1) is 10.2 Å². The molecule has 0 bridgehead atoms. The van der Waals surface area contributed by atoms with Crippen molar-refractivity contribution in [2.24, 2.45) is 0 Å². The number of nitrogens with one attached hydrogen (secondary N) is 1. The lowest BCUT2D eigenvalue weighted by Crippen LogP contribution is -2.18. The third-order valence-electron chi connectivity index (χ3n) is 3.49. The summed E-state index contributed by atoms with van der Waals surface area (Å²) in [7, 11) is 0. The van der Waals surface area contributed by atoms with E-state index in [-0.39, 0.29) is 6.04 Å². The number of hydrogen-bond acceptors (Lipinski definition) is 4. The Morgan fingerprint density at radius 1 is 0.957 bits per heavy atom. The Bertz CT molecular complexity index is 769. The van der Waals surface area contributed by atoms with Crippen molar-refractivity contribution in [3.05, 3.63) is 70.0 Å². The molecular formula is C17H15Cl2N3O. The molecule has 0 amide bonds. The van der Waals surface area contributed by atoms with Crippen LogP contribution in [0.5, 0.6) is 0 Å². The second kappa shape index (κ2) is 7.13. The molecule has 3 aromatic rings. The molecular weight excluding hydrogens is 333 g/mol. The molecule has 0 spiro atoms. The minimum atomic E-state index is 0.151. The average Bonchev–Trinajstić information content (AvgIpc) is 3.03. The van der Waals surface area contributed by atoms with Crippen LogP contribution in [0.25, 0.3) is 11.5 Å². The monoisotopic (exact) mass is 347 g/mol. The lowest BCUT2D eigenvalue weighted by atomic mass is 10.1. The van der Waals surface area contributed by atoms with Crippen LogP contribution in [0.3, 0.4) is 0 Å². The average molecular weight is 348 g/mol. The van der Waals surface area contributed by atoms with Crippen molar-refractivity contribution in [3.8, 4) is 11.5 Å². The molecule has 0 radical (unpaired) electrons. The van der Waals surface area contributed by atoms with Crippen molar-refractivity contribution in [1.29, 1.82) is 0 Å². The van der Waals surface area contributed by atoms with E-state index in [0.29, 0.717) is 23.3 Å². The van der Waals surface area contributed by atoms with Gasteiger partial charge in [-0.3, -0.25) is 0 Å². The molecule has 3 rings (SSSR count). The molecule has 2 aromatic carbocycles. The number of halogens is 2. The van der Waals surface area contributed by atoms with Gasteiger partial charge in [0.25, 0.3) is 0 Å². The Morgan fingerprint density at radius 3 is 2.22 bits per heavy atom. The SMILES string of the molecule is C[C@H](NCc1nnc(-c2ccc(Cl)cc2)o1)c1ccc(Cl)cc1. The molecule has 0 saturated carbocycles. The van der Waals surface area contributed by atoms with E-state index in [1.807, 2.05) is 36.4 Å². The molecule has 0 unspecified atom stereocenters. The summed E-state index contributed by atoms with van der Waals surface area (Å²) >= 11 is 11.8. The summed E-state index contributed by atoms with van der Waals surface area (Å²) in [6.45, 7) is 2.56. The molecule has 1 heterocycles. The zero-order chi connectivity index (χ0) is 16.2. The smallest absolute Gasteiger partial charge is 0.247 e. The third-order valence-corrected chi connectivity index (χ3v) is 3.99. The van der Waals surface area contributed by atoms with Gasteiger partial charge in [0.1, 0.15) is 0 Å². The Labute approximate surface area is 144 Å². The molecule has 0 aliphatic heterocycles. The van der Waals surface area contributed by atoms with E-state index in [4.69, 9.17) is 27.6 Å². The van der Waals surface area contributed by atoms with Gasteiger partial charge in [0, 0.05) is 21.7 Å². The molecule has 0 saturated heterocycles. The second-order valence-corrected chi connectivity index (χ2v) is 6.03. The number of rotatable bonds is 5. The van der Waals surface area contributed by atoms with E-state index in [2.05, 4.69) is 22.4 Å². The van der Waals surface area contributed by atoms with Gasteiger partial charge < -0.3 is 9.73 Å². The largest absolute Gasteiger partial charge is 0.419 e. The van der Waals surface area contributed by atoms with Crippen LogP contribution in [0.1, 0.15) is 24.4 Å². The number of aromatic nitrogens is 2. The molecule has 0 aliphatic carbocycles. The first-order valence-corrected chi connectivity index (χ1v) is 7.94. The highest BCUT2D eigenvalue weighted by molar-refractivity contribution is 6.30. The Hall–Kier alpha value is -1.88. The molecule has 118 valence electrons. The van der Waals surface area contributed by atoms with Crippen molar-refractivity contribution in [2.75, 3.05) is 0 Å². The fraction of sp³-hybridized carbons (Fsp3) is 0.176. The summed E-state index contributed by atoms with van der Waals surface area (Å²) in [5.41, 5.74) is 1.99. The summed E-state index contributed by atoms with van der Waals surface area (Å²) in [5, 5.41) is 12.9. The van der Waals surface area contributed by atoms with Gasteiger partial charge in [-0.05, 0) is 48.9 Å². The quantitative estimate of drug-likeness (QED) is 0.713. The maximum atomic E-state index is 5.90. The van der Waals surface area contributed by atoms with Crippen molar-refractivity contribution in [1.82, 2.24) is 15.5 Å². The number of nitrogens with zero attached hydrogens (tertiary/aromatic N) is 2. The fourth-order valence-corrected chi connectivity index (χ4v) is 2.40. The molecule has 23 heavy (non-hydrogen) atoms. The van der Waals surface area contributed by atoms with Crippen LogP contribution in [-0.4, -0.2) is 10.2 Å². The van der Waals surface area contributed by atoms with Crippen molar-refractivity contribution >= 4 is 23.2 Å². The molecule has 4 nitrogen and oxygen atoms in total. The number of hydrogen-bond donors (Lipinski definition) is 1. The highest BCUT2D eigenvalue weighted by Gasteiger charge is 2.10. The molecule has 6 heteroatoms. The summed E-state index contributed by atoms with van der Waals surface area (Å²) in [5.74, 6) is 1.02. The predicted molar refractivity (Wildman–Crippen MR) is 91.5 cm³/mol. The van der Waals surface area contributed by atoms with Gasteiger partial charge in [0.2, 0.25) is 11.8 Å². The van der Waals surface area contributed by atoms with E-state index in [1.165, 1.54) is 0 Å². The van der Waals surface area contributed by atoms with Crippen LogP contribution < -0.4 is 5.32 Å². The van der Waals surface area contributed by atoms with Gasteiger partial charge in [0.15, 0.2) is 0 Å². The van der Waals surface area contributed by atoms with Gasteiger partial charge >= 0.3 is 0 Å². The maximum absolute atomic E-state index is 5.90. The first kappa shape index (κ1) is 16.0. The van der Waals surface area contributed by atoms with Crippen molar-refractivity contribution in [2.45, 2.75) is 19.5 Å². The van der Waals surface area contributed by atoms with Crippen molar-refractivity contribution in [3.63, 3.8) is 0 Å². The third kappa shape index (κ3) is 4.10. The summed E-state index contributed by atoms with van der Waals surface area (Å²) in [6, 6.07) is 15.2. The lowest BCUT2D eigenvalue weighted by Gasteiger charge is -2.12. The zero-order valence-electron chi connectivity index (χ0n) is 12.5. The maximum Gasteiger partial charge on any atom is 0.247 e.